The van der Waals surface area contributed by atoms with E-state index >= 15 is 0 Å². The van der Waals surface area contributed by atoms with Crippen LogP contribution in [0.3, 0.4) is 0 Å². The van der Waals surface area contributed by atoms with Crippen molar-refractivity contribution in [2.75, 3.05) is 11.5 Å². The first-order chi connectivity index (χ1) is 8.83. The molecule has 0 spiro atoms. The van der Waals surface area contributed by atoms with Gasteiger partial charge in [0.1, 0.15) is 5.92 Å². The molecule has 3 rings (SSSR count). The average molecular weight is 261 g/mol. The molecule has 5 nitrogen and oxygen atoms in total. The molecule has 6 heteroatoms. The number of Topliss-reactive ketones (excluding diaryl/α,β-unsaturated/α-hetero) is 1. The van der Waals surface area contributed by atoms with Gasteiger partial charge in [-0.1, -0.05) is 11.2 Å². The Morgan fingerprint density at radius 2 is 2.39 bits per heavy atom. The maximum Gasteiger partial charge on any atom is 0.238 e. The Bertz CT molecular complexity index is 555. The number of rotatable bonds is 3. The molecular formula is C12H11N3O2S. The van der Waals surface area contributed by atoms with Gasteiger partial charge < -0.3 is 4.52 Å². The summed E-state index contributed by atoms with van der Waals surface area (Å²) in [6.07, 6.45) is 2.26. The topological polar surface area (TPSA) is 68.9 Å². The second kappa shape index (κ2) is 4.89. The minimum atomic E-state index is -0.222. The summed E-state index contributed by atoms with van der Waals surface area (Å²) in [7, 11) is 0. The van der Waals surface area contributed by atoms with Crippen LogP contribution in [0.15, 0.2) is 28.9 Å². The number of ketones is 1. The minimum Gasteiger partial charge on any atom is -0.339 e. The third-order valence-electron chi connectivity index (χ3n) is 2.76. The summed E-state index contributed by atoms with van der Waals surface area (Å²) in [4.78, 5) is 20.1. The number of nitrogens with zero attached hydrogens (tertiary/aromatic N) is 3. The molecule has 0 saturated carbocycles. The quantitative estimate of drug-likeness (QED) is 0.833. The number of thioether (sulfide) groups is 1. The summed E-state index contributed by atoms with van der Waals surface area (Å²) in [5.41, 5.74) is 0.886. The number of hydrogen-bond acceptors (Lipinski definition) is 6. The Balaban J connectivity index is 1.76. The Morgan fingerprint density at radius 3 is 3.11 bits per heavy atom. The van der Waals surface area contributed by atoms with Crippen LogP contribution in [0.2, 0.25) is 0 Å². The number of carbonyl (C=O) groups excluding carboxylic acids is 1. The lowest BCUT2D eigenvalue weighted by molar-refractivity contribution is -0.117. The largest absolute Gasteiger partial charge is 0.339 e. The van der Waals surface area contributed by atoms with Crippen LogP contribution in [0, 0.1) is 0 Å². The fourth-order valence-electron chi connectivity index (χ4n) is 1.83. The van der Waals surface area contributed by atoms with E-state index in [2.05, 4.69) is 15.1 Å². The van der Waals surface area contributed by atoms with E-state index in [-0.39, 0.29) is 11.7 Å². The highest BCUT2D eigenvalue weighted by Crippen LogP contribution is 2.28. The van der Waals surface area contributed by atoms with Crippen LogP contribution in [-0.4, -0.2) is 32.4 Å². The molecule has 0 radical (unpaired) electrons. The van der Waals surface area contributed by atoms with Crippen molar-refractivity contribution in [3.8, 4) is 0 Å². The SMILES string of the molecule is O=C1CSCC1c1nc(Cc2ccccn2)no1. The molecule has 3 heterocycles. The molecule has 0 aliphatic carbocycles. The molecule has 0 amide bonds. The van der Waals surface area contributed by atoms with Crippen LogP contribution in [-0.2, 0) is 11.2 Å². The van der Waals surface area contributed by atoms with Gasteiger partial charge in [0.15, 0.2) is 11.6 Å². The van der Waals surface area contributed by atoms with Gasteiger partial charge in [0.25, 0.3) is 0 Å². The maximum atomic E-state index is 11.6. The first kappa shape index (κ1) is 11.4. The van der Waals surface area contributed by atoms with Crippen molar-refractivity contribution in [1.29, 1.82) is 0 Å². The van der Waals surface area contributed by atoms with Gasteiger partial charge in [0.05, 0.1) is 12.2 Å². The maximum absolute atomic E-state index is 11.6. The molecule has 1 aliphatic rings. The summed E-state index contributed by atoms with van der Waals surface area (Å²) >= 11 is 1.61. The summed E-state index contributed by atoms with van der Waals surface area (Å²) < 4.78 is 5.17. The third kappa shape index (κ3) is 2.28. The average Bonchev–Trinajstić information content (AvgIpc) is 2.99. The Kier molecular flexibility index (Phi) is 3.10. The van der Waals surface area contributed by atoms with Gasteiger partial charge in [0, 0.05) is 17.6 Å². The van der Waals surface area contributed by atoms with Gasteiger partial charge in [-0.3, -0.25) is 9.78 Å². The Hall–Kier alpha value is -1.69. The highest BCUT2D eigenvalue weighted by Gasteiger charge is 2.31. The Labute approximate surface area is 108 Å². The van der Waals surface area contributed by atoms with Crippen LogP contribution >= 0.6 is 11.8 Å². The summed E-state index contributed by atoms with van der Waals surface area (Å²) in [5.74, 6) is 2.25. The van der Waals surface area contributed by atoms with Crippen LogP contribution in [0.5, 0.6) is 0 Å². The standard InChI is InChI=1S/C12H11N3O2S/c16-10-7-18-6-9(10)12-14-11(15-17-12)5-8-3-1-2-4-13-8/h1-4,9H,5-7H2. The van der Waals surface area contributed by atoms with E-state index in [9.17, 15) is 4.79 Å². The van der Waals surface area contributed by atoms with Crippen molar-refractivity contribution in [2.45, 2.75) is 12.3 Å². The molecule has 1 saturated heterocycles. The van der Waals surface area contributed by atoms with Gasteiger partial charge in [-0.25, -0.2) is 0 Å². The van der Waals surface area contributed by atoms with Crippen molar-refractivity contribution < 1.29 is 9.32 Å². The second-order valence-electron chi connectivity index (χ2n) is 4.08. The second-order valence-corrected chi connectivity index (χ2v) is 5.11. The zero-order valence-corrected chi connectivity index (χ0v) is 10.4. The van der Waals surface area contributed by atoms with Crippen LogP contribution in [0.4, 0.5) is 0 Å². The predicted molar refractivity (Wildman–Crippen MR) is 66.4 cm³/mol. The van der Waals surface area contributed by atoms with E-state index in [4.69, 9.17) is 4.52 Å². The number of carbonyl (C=O) groups is 1. The van der Waals surface area contributed by atoms with Crippen molar-refractivity contribution in [2.24, 2.45) is 0 Å². The van der Waals surface area contributed by atoms with Crippen LogP contribution < -0.4 is 0 Å². The molecule has 0 aromatic carbocycles. The molecule has 1 fully saturated rings. The molecule has 0 N–H and O–H groups in total. The molecule has 1 atom stereocenters. The summed E-state index contributed by atoms with van der Waals surface area (Å²) in [6, 6.07) is 5.69. The normalized spacial score (nSPS) is 19.3. The summed E-state index contributed by atoms with van der Waals surface area (Å²) in [5, 5.41) is 3.90. The molecule has 2 aromatic rings. The monoisotopic (exact) mass is 261 g/mol. The zero-order valence-electron chi connectivity index (χ0n) is 9.57. The van der Waals surface area contributed by atoms with Gasteiger partial charge >= 0.3 is 0 Å². The van der Waals surface area contributed by atoms with E-state index in [0.29, 0.717) is 23.9 Å². The van der Waals surface area contributed by atoms with E-state index in [0.717, 1.165) is 11.4 Å². The molecule has 2 aromatic heterocycles. The van der Waals surface area contributed by atoms with Gasteiger partial charge in [-0.15, -0.1) is 0 Å². The van der Waals surface area contributed by atoms with E-state index in [1.807, 2.05) is 18.2 Å². The zero-order chi connectivity index (χ0) is 12.4. The van der Waals surface area contributed by atoms with Gasteiger partial charge in [0.2, 0.25) is 5.89 Å². The molecular weight excluding hydrogens is 250 g/mol. The van der Waals surface area contributed by atoms with E-state index < -0.39 is 0 Å². The smallest absolute Gasteiger partial charge is 0.238 e. The van der Waals surface area contributed by atoms with E-state index in [1.165, 1.54) is 0 Å². The minimum absolute atomic E-state index is 0.174. The third-order valence-corrected chi connectivity index (χ3v) is 3.82. The fourth-order valence-corrected chi connectivity index (χ4v) is 2.91. The number of pyridine rings is 1. The van der Waals surface area contributed by atoms with Gasteiger partial charge in [-0.05, 0) is 12.1 Å². The van der Waals surface area contributed by atoms with E-state index in [1.54, 1.807) is 18.0 Å². The number of hydrogen-bond donors (Lipinski definition) is 0. The lowest BCUT2D eigenvalue weighted by Gasteiger charge is -1.97. The first-order valence-electron chi connectivity index (χ1n) is 5.66. The van der Waals surface area contributed by atoms with Crippen molar-refractivity contribution >= 4 is 17.5 Å². The fraction of sp³-hybridized carbons (Fsp3) is 0.333. The van der Waals surface area contributed by atoms with Crippen LogP contribution in [0.1, 0.15) is 23.3 Å². The predicted octanol–water partition coefficient (Wildman–Crippen LogP) is 1.45. The van der Waals surface area contributed by atoms with Crippen LogP contribution in [0.25, 0.3) is 0 Å². The molecule has 1 unspecified atom stereocenters. The highest BCUT2D eigenvalue weighted by molar-refractivity contribution is 8.00. The molecule has 18 heavy (non-hydrogen) atoms. The molecule has 92 valence electrons. The van der Waals surface area contributed by atoms with Gasteiger partial charge in [-0.2, -0.15) is 16.7 Å². The van der Waals surface area contributed by atoms with Crippen molar-refractivity contribution in [3.05, 3.63) is 41.8 Å². The molecule has 0 bridgehead atoms. The lowest BCUT2D eigenvalue weighted by atomic mass is 10.1. The summed E-state index contributed by atoms with van der Waals surface area (Å²) in [6.45, 7) is 0. The highest BCUT2D eigenvalue weighted by atomic mass is 32.2. The Morgan fingerprint density at radius 1 is 1.44 bits per heavy atom. The number of aromatic nitrogens is 3. The molecule has 1 aliphatic heterocycles. The lowest BCUT2D eigenvalue weighted by Crippen LogP contribution is -2.09. The van der Waals surface area contributed by atoms with Crippen molar-refractivity contribution in [3.63, 3.8) is 0 Å². The van der Waals surface area contributed by atoms with Crippen molar-refractivity contribution in [1.82, 2.24) is 15.1 Å². The first-order valence-corrected chi connectivity index (χ1v) is 6.81.